The van der Waals surface area contributed by atoms with Gasteiger partial charge in [-0.25, -0.2) is 0 Å². The lowest BCUT2D eigenvalue weighted by Gasteiger charge is -2.05. The number of benzene rings is 1. The molecule has 0 saturated carbocycles. The minimum absolute atomic E-state index is 0.140. The van der Waals surface area contributed by atoms with Gasteiger partial charge < -0.3 is 10.1 Å². The third kappa shape index (κ3) is 4.29. The van der Waals surface area contributed by atoms with Crippen molar-refractivity contribution < 1.29 is 14.5 Å². The van der Waals surface area contributed by atoms with Crippen molar-refractivity contribution in [1.82, 2.24) is 19.6 Å². The summed E-state index contributed by atoms with van der Waals surface area (Å²) in [5.41, 5.74) is 2.53. The highest BCUT2D eigenvalue weighted by molar-refractivity contribution is 5.90. The summed E-state index contributed by atoms with van der Waals surface area (Å²) in [7, 11) is 1.28. The number of hydrogen-bond acceptors (Lipinski definition) is 6. The maximum atomic E-state index is 12.2. The van der Waals surface area contributed by atoms with E-state index in [0.29, 0.717) is 12.2 Å². The van der Waals surface area contributed by atoms with E-state index in [1.165, 1.54) is 7.11 Å². The van der Waals surface area contributed by atoms with Crippen molar-refractivity contribution in [3.05, 3.63) is 64.1 Å². The van der Waals surface area contributed by atoms with Gasteiger partial charge in [-0.05, 0) is 18.1 Å². The highest BCUT2D eigenvalue weighted by atomic mass is 16.6. The Labute approximate surface area is 154 Å². The van der Waals surface area contributed by atoms with E-state index >= 15 is 0 Å². The third-order valence-electron chi connectivity index (χ3n) is 3.92. The summed E-state index contributed by atoms with van der Waals surface area (Å²) < 4.78 is 7.72. The van der Waals surface area contributed by atoms with Gasteiger partial charge in [0.15, 0.2) is 0 Å². The molecular weight excluding hydrogens is 352 g/mol. The van der Waals surface area contributed by atoms with Gasteiger partial charge in [-0.2, -0.15) is 5.10 Å². The van der Waals surface area contributed by atoms with Gasteiger partial charge in [0.05, 0.1) is 30.5 Å². The largest absolute Gasteiger partial charge is 0.475 e. The van der Waals surface area contributed by atoms with Gasteiger partial charge in [-0.3, -0.25) is 24.3 Å². The first-order valence-electron chi connectivity index (χ1n) is 8.09. The summed E-state index contributed by atoms with van der Waals surface area (Å²) in [6.45, 7) is 2.43. The number of carbonyl (C=O) groups excluding carboxylic acids is 1. The van der Waals surface area contributed by atoms with E-state index in [0.717, 1.165) is 22.0 Å². The molecule has 0 aliphatic rings. The van der Waals surface area contributed by atoms with Crippen LogP contribution in [-0.2, 0) is 17.9 Å². The molecule has 0 atom stereocenters. The van der Waals surface area contributed by atoms with Gasteiger partial charge in [0.2, 0.25) is 5.91 Å². The number of ether oxygens (including phenoxy) is 1. The zero-order chi connectivity index (χ0) is 19.4. The topological polar surface area (TPSA) is 117 Å². The van der Waals surface area contributed by atoms with Crippen LogP contribution < -0.4 is 10.1 Å². The lowest BCUT2D eigenvalue weighted by molar-refractivity contribution is -0.385. The molecule has 0 spiro atoms. The predicted octanol–water partition coefficient (Wildman–Crippen LogP) is 1.99. The van der Waals surface area contributed by atoms with Crippen molar-refractivity contribution >= 4 is 17.3 Å². The molecule has 1 aromatic carbocycles. The molecule has 3 rings (SSSR count). The van der Waals surface area contributed by atoms with Crippen LogP contribution in [0.25, 0.3) is 0 Å². The van der Waals surface area contributed by atoms with E-state index in [9.17, 15) is 14.9 Å². The minimum Gasteiger partial charge on any atom is -0.475 e. The summed E-state index contributed by atoms with van der Waals surface area (Å²) in [6.07, 6.45) is 4.42. The molecule has 27 heavy (non-hydrogen) atoms. The molecular formula is C17H18N6O4. The molecule has 0 unspecified atom stereocenters. The van der Waals surface area contributed by atoms with E-state index in [2.05, 4.69) is 15.5 Å². The van der Waals surface area contributed by atoms with E-state index in [-0.39, 0.29) is 24.0 Å². The second-order valence-electron chi connectivity index (χ2n) is 5.88. The number of nitro groups is 1. The number of amides is 1. The zero-order valence-corrected chi connectivity index (χ0v) is 14.8. The molecule has 0 aliphatic carbocycles. The van der Waals surface area contributed by atoms with Crippen molar-refractivity contribution in [3.8, 4) is 5.88 Å². The van der Waals surface area contributed by atoms with Crippen LogP contribution in [-0.4, -0.2) is 37.5 Å². The first-order valence-corrected chi connectivity index (χ1v) is 8.09. The Morgan fingerprint density at radius 3 is 2.74 bits per heavy atom. The van der Waals surface area contributed by atoms with E-state index in [1.54, 1.807) is 17.1 Å². The fourth-order valence-electron chi connectivity index (χ4n) is 2.57. The van der Waals surface area contributed by atoms with Crippen molar-refractivity contribution in [1.29, 1.82) is 0 Å². The maximum absolute atomic E-state index is 12.2. The Bertz CT molecular complexity index is 977. The van der Waals surface area contributed by atoms with E-state index in [4.69, 9.17) is 4.74 Å². The molecule has 0 saturated heterocycles. The summed E-state index contributed by atoms with van der Waals surface area (Å²) in [4.78, 5) is 22.5. The van der Waals surface area contributed by atoms with Gasteiger partial charge in [-0.15, -0.1) is 5.10 Å². The molecule has 10 heteroatoms. The Hall–Kier alpha value is -3.69. The van der Waals surface area contributed by atoms with Crippen LogP contribution in [0.15, 0.2) is 42.9 Å². The van der Waals surface area contributed by atoms with Gasteiger partial charge in [0.1, 0.15) is 12.7 Å². The number of anilines is 1. The smallest absolute Gasteiger partial charge is 0.350 e. The van der Waals surface area contributed by atoms with Gasteiger partial charge in [-0.1, -0.05) is 24.3 Å². The standard InChI is InChI=1S/C17H18N6O4/c1-12-5-3-4-6-13(12)8-21-9-14(7-18-21)19-16(24)11-22-10-15(23(25)26)17(20-22)27-2/h3-7,9-10H,8,11H2,1-2H3,(H,19,24). The predicted molar refractivity (Wildman–Crippen MR) is 96.6 cm³/mol. The van der Waals surface area contributed by atoms with Crippen LogP contribution in [0.3, 0.4) is 0 Å². The maximum Gasteiger partial charge on any atom is 0.350 e. The van der Waals surface area contributed by atoms with Crippen LogP contribution in [0, 0.1) is 17.0 Å². The summed E-state index contributed by atoms with van der Waals surface area (Å²) >= 11 is 0. The third-order valence-corrected chi connectivity index (χ3v) is 3.92. The molecule has 3 aromatic rings. The summed E-state index contributed by atoms with van der Waals surface area (Å²) in [5.74, 6) is -0.524. The van der Waals surface area contributed by atoms with Gasteiger partial charge in [0, 0.05) is 6.20 Å². The second kappa shape index (κ2) is 7.68. The van der Waals surface area contributed by atoms with Gasteiger partial charge >= 0.3 is 11.6 Å². The molecule has 10 nitrogen and oxygen atoms in total. The highest BCUT2D eigenvalue weighted by Gasteiger charge is 2.21. The number of aromatic nitrogens is 4. The number of hydrogen-bond donors (Lipinski definition) is 1. The summed E-state index contributed by atoms with van der Waals surface area (Å²) in [6, 6.07) is 7.99. The molecule has 0 aliphatic heterocycles. The highest BCUT2D eigenvalue weighted by Crippen LogP contribution is 2.23. The van der Waals surface area contributed by atoms with Crippen molar-refractivity contribution in [2.24, 2.45) is 0 Å². The van der Waals surface area contributed by atoms with E-state index in [1.807, 2.05) is 31.2 Å². The zero-order valence-electron chi connectivity index (χ0n) is 14.8. The average molecular weight is 370 g/mol. The fourth-order valence-corrected chi connectivity index (χ4v) is 2.57. The monoisotopic (exact) mass is 370 g/mol. The number of aryl methyl sites for hydroxylation is 1. The quantitative estimate of drug-likeness (QED) is 0.502. The Morgan fingerprint density at radius 1 is 1.30 bits per heavy atom. The molecule has 2 heterocycles. The number of rotatable bonds is 7. The SMILES string of the molecule is COc1nn(CC(=O)Nc2cnn(Cc3ccccc3C)c2)cc1[N+](=O)[O-]. The average Bonchev–Trinajstić information content (AvgIpc) is 3.23. The fraction of sp³-hybridized carbons (Fsp3) is 0.235. The number of carbonyl (C=O) groups is 1. The summed E-state index contributed by atoms with van der Waals surface area (Å²) in [5, 5.41) is 21.7. The Kier molecular flexibility index (Phi) is 5.15. The Morgan fingerprint density at radius 2 is 2.07 bits per heavy atom. The molecule has 140 valence electrons. The van der Waals surface area contributed by atoms with Crippen LogP contribution in [0.5, 0.6) is 5.88 Å². The van der Waals surface area contributed by atoms with Crippen LogP contribution in [0.2, 0.25) is 0 Å². The molecule has 0 radical (unpaired) electrons. The van der Waals surface area contributed by atoms with Gasteiger partial charge in [0.25, 0.3) is 0 Å². The normalized spacial score (nSPS) is 10.6. The van der Waals surface area contributed by atoms with Crippen molar-refractivity contribution in [2.45, 2.75) is 20.0 Å². The molecule has 0 fully saturated rings. The molecule has 1 amide bonds. The molecule has 0 bridgehead atoms. The van der Waals surface area contributed by atoms with Crippen LogP contribution in [0.1, 0.15) is 11.1 Å². The molecule has 2 aromatic heterocycles. The number of nitrogens with one attached hydrogen (secondary N) is 1. The first-order chi connectivity index (χ1) is 13.0. The second-order valence-corrected chi connectivity index (χ2v) is 5.88. The lowest BCUT2D eigenvalue weighted by Crippen LogP contribution is -2.18. The number of methoxy groups -OCH3 is 1. The molecule has 1 N–H and O–H groups in total. The van der Waals surface area contributed by atoms with Crippen molar-refractivity contribution in [3.63, 3.8) is 0 Å². The lowest BCUT2D eigenvalue weighted by atomic mass is 10.1. The first kappa shape index (κ1) is 18.1. The van der Waals surface area contributed by atoms with Crippen molar-refractivity contribution in [2.75, 3.05) is 12.4 Å². The van der Waals surface area contributed by atoms with Crippen LogP contribution in [0.4, 0.5) is 11.4 Å². The Balaban J connectivity index is 1.63. The van der Waals surface area contributed by atoms with E-state index < -0.39 is 4.92 Å². The van der Waals surface area contributed by atoms with Crippen LogP contribution >= 0.6 is 0 Å². The minimum atomic E-state index is -0.615. The number of nitrogens with zero attached hydrogens (tertiary/aromatic N) is 5.